The maximum Gasteiger partial charge on any atom is 0.221 e. The Labute approximate surface area is 103 Å². The van der Waals surface area contributed by atoms with Gasteiger partial charge in [0.05, 0.1) is 7.11 Å². The molecule has 5 heteroatoms. The van der Waals surface area contributed by atoms with Crippen molar-refractivity contribution in [3.8, 4) is 11.5 Å². The molecule has 0 atom stereocenters. The van der Waals surface area contributed by atoms with Crippen LogP contribution in [0.5, 0.6) is 11.5 Å². The van der Waals surface area contributed by atoms with Gasteiger partial charge in [0, 0.05) is 18.3 Å². The minimum absolute atomic E-state index is 0.0211. The first-order valence-electron chi connectivity index (χ1n) is 4.86. The summed E-state index contributed by atoms with van der Waals surface area (Å²) in [5, 5.41) is 12.9. The number of alkyl halides is 1. The van der Waals surface area contributed by atoms with Crippen LogP contribution in [0.2, 0.25) is 0 Å². The van der Waals surface area contributed by atoms with E-state index in [2.05, 4.69) is 21.2 Å². The first-order valence-corrected chi connectivity index (χ1v) is 5.98. The van der Waals surface area contributed by atoms with E-state index >= 15 is 0 Å². The molecule has 1 aromatic rings. The quantitative estimate of drug-likeness (QED) is 0.812. The lowest BCUT2D eigenvalue weighted by atomic mass is 10.2. The van der Waals surface area contributed by atoms with Gasteiger partial charge in [-0.3, -0.25) is 4.79 Å². The fourth-order valence-corrected chi connectivity index (χ4v) is 1.58. The Bertz CT molecular complexity index is 368. The zero-order valence-electron chi connectivity index (χ0n) is 9.00. The van der Waals surface area contributed by atoms with E-state index in [9.17, 15) is 9.90 Å². The van der Waals surface area contributed by atoms with Crippen LogP contribution in [-0.4, -0.2) is 23.5 Å². The molecular weight excluding hydrogens is 274 g/mol. The van der Waals surface area contributed by atoms with Gasteiger partial charge in [-0.1, -0.05) is 22.0 Å². The molecule has 2 N–H and O–H groups in total. The molecule has 0 aliphatic heterocycles. The standard InChI is InChI=1S/C11H14BrNO3/c1-16-10-3-2-8(6-9(10)14)7-13-11(15)4-5-12/h2-3,6,14H,4-5,7H2,1H3,(H,13,15). The number of benzene rings is 1. The number of phenols is 1. The van der Waals surface area contributed by atoms with Gasteiger partial charge in [0.2, 0.25) is 5.91 Å². The predicted molar refractivity (Wildman–Crippen MR) is 64.9 cm³/mol. The second kappa shape index (κ2) is 6.37. The van der Waals surface area contributed by atoms with Crippen LogP contribution in [0, 0.1) is 0 Å². The molecule has 0 saturated heterocycles. The number of hydrogen-bond acceptors (Lipinski definition) is 3. The van der Waals surface area contributed by atoms with E-state index in [0.717, 1.165) is 5.56 Å². The number of rotatable bonds is 5. The molecule has 0 saturated carbocycles. The summed E-state index contributed by atoms with van der Waals surface area (Å²) in [5.74, 6) is 0.484. The smallest absolute Gasteiger partial charge is 0.221 e. The van der Waals surface area contributed by atoms with Gasteiger partial charge < -0.3 is 15.2 Å². The minimum Gasteiger partial charge on any atom is -0.504 e. The monoisotopic (exact) mass is 287 g/mol. The highest BCUT2D eigenvalue weighted by atomic mass is 79.9. The minimum atomic E-state index is -0.0211. The van der Waals surface area contributed by atoms with E-state index in [-0.39, 0.29) is 11.7 Å². The lowest BCUT2D eigenvalue weighted by Crippen LogP contribution is -2.22. The van der Waals surface area contributed by atoms with Gasteiger partial charge in [-0.25, -0.2) is 0 Å². The lowest BCUT2D eigenvalue weighted by Gasteiger charge is -2.07. The molecule has 0 aliphatic rings. The maximum atomic E-state index is 11.2. The summed E-state index contributed by atoms with van der Waals surface area (Å²) in [4.78, 5) is 11.2. The number of carbonyl (C=O) groups is 1. The highest BCUT2D eigenvalue weighted by Crippen LogP contribution is 2.25. The van der Waals surface area contributed by atoms with Gasteiger partial charge in [-0.15, -0.1) is 0 Å². The molecule has 0 radical (unpaired) electrons. The summed E-state index contributed by atoms with van der Waals surface area (Å²) < 4.78 is 4.92. The number of amides is 1. The Morgan fingerprint density at radius 3 is 2.88 bits per heavy atom. The second-order valence-electron chi connectivity index (χ2n) is 3.22. The number of carbonyl (C=O) groups excluding carboxylic acids is 1. The molecule has 0 aliphatic carbocycles. The van der Waals surface area contributed by atoms with E-state index in [1.54, 1.807) is 18.2 Å². The first-order chi connectivity index (χ1) is 7.67. The van der Waals surface area contributed by atoms with Crippen molar-refractivity contribution in [2.24, 2.45) is 0 Å². The maximum absolute atomic E-state index is 11.2. The van der Waals surface area contributed by atoms with Crippen LogP contribution in [0.25, 0.3) is 0 Å². The molecule has 1 rings (SSSR count). The van der Waals surface area contributed by atoms with Gasteiger partial charge in [0.25, 0.3) is 0 Å². The van der Waals surface area contributed by atoms with Gasteiger partial charge in [-0.05, 0) is 17.7 Å². The third-order valence-electron chi connectivity index (χ3n) is 2.05. The van der Waals surface area contributed by atoms with Crippen LogP contribution >= 0.6 is 15.9 Å². The number of methoxy groups -OCH3 is 1. The van der Waals surface area contributed by atoms with Gasteiger partial charge >= 0.3 is 0 Å². The van der Waals surface area contributed by atoms with Crippen molar-refractivity contribution >= 4 is 21.8 Å². The largest absolute Gasteiger partial charge is 0.504 e. The number of aromatic hydroxyl groups is 1. The Morgan fingerprint density at radius 1 is 1.56 bits per heavy atom. The Hall–Kier alpha value is -1.23. The zero-order chi connectivity index (χ0) is 12.0. The van der Waals surface area contributed by atoms with Crippen LogP contribution in [0.3, 0.4) is 0 Å². The van der Waals surface area contributed by atoms with E-state index in [0.29, 0.717) is 24.0 Å². The molecule has 4 nitrogen and oxygen atoms in total. The number of halogens is 1. The van der Waals surface area contributed by atoms with Crippen molar-refractivity contribution in [2.75, 3.05) is 12.4 Å². The molecule has 1 aromatic carbocycles. The predicted octanol–water partition coefficient (Wildman–Crippen LogP) is 1.80. The van der Waals surface area contributed by atoms with Crippen LogP contribution in [-0.2, 0) is 11.3 Å². The van der Waals surface area contributed by atoms with Gasteiger partial charge in [-0.2, -0.15) is 0 Å². The second-order valence-corrected chi connectivity index (χ2v) is 4.01. The fraction of sp³-hybridized carbons (Fsp3) is 0.364. The molecule has 1 amide bonds. The molecule has 0 unspecified atom stereocenters. The lowest BCUT2D eigenvalue weighted by molar-refractivity contribution is -0.120. The van der Waals surface area contributed by atoms with E-state index < -0.39 is 0 Å². The van der Waals surface area contributed by atoms with E-state index in [4.69, 9.17) is 4.74 Å². The molecule has 88 valence electrons. The Balaban J connectivity index is 2.55. The number of phenolic OH excluding ortho intramolecular Hbond substituents is 1. The molecule has 0 aromatic heterocycles. The van der Waals surface area contributed by atoms with Crippen molar-refractivity contribution in [2.45, 2.75) is 13.0 Å². The summed E-state index contributed by atoms with van der Waals surface area (Å²) in [6.07, 6.45) is 0.447. The Morgan fingerprint density at radius 2 is 2.31 bits per heavy atom. The third kappa shape index (κ3) is 3.73. The molecule has 16 heavy (non-hydrogen) atoms. The summed E-state index contributed by atoms with van der Waals surface area (Å²) in [5.41, 5.74) is 0.834. The summed E-state index contributed by atoms with van der Waals surface area (Å²) in [7, 11) is 1.49. The number of ether oxygens (including phenoxy) is 1. The number of nitrogens with one attached hydrogen (secondary N) is 1. The summed E-state index contributed by atoms with van der Waals surface area (Å²) in [6, 6.07) is 5.04. The van der Waals surface area contributed by atoms with Crippen molar-refractivity contribution < 1.29 is 14.6 Å². The van der Waals surface area contributed by atoms with Crippen molar-refractivity contribution in [3.05, 3.63) is 23.8 Å². The molecule has 0 heterocycles. The number of hydrogen-bond donors (Lipinski definition) is 2. The topological polar surface area (TPSA) is 58.6 Å². The van der Waals surface area contributed by atoms with Crippen molar-refractivity contribution in [3.63, 3.8) is 0 Å². The molecule has 0 spiro atoms. The van der Waals surface area contributed by atoms with Crippen LogP contribution in [0.1, 0.15) is 12.0 Å². The normalized spacial score (nSPS) is 9.88. The van der Waals surface area contributed by atoms with E-state index in [1.165, 1.54) is 7.11 Å². The van der Waals surface area contributed by atoms with Crippen molar-refractivity contribution in [1.29, 1.82) is 0 Å². The summed E-state index contributed by atoms with van der Waals surface area (Å²) >= 11 is 3.19. The summed E-state index contributed by atoms with van der Waals surface area (Å²) in [6.45, 7) is 0.406. The SMILES string of the molecule is COc1ccc(CNC(=O)CCBr)cc1O. The third-order valence-corrected chi connectivity index (χ3v) is 2.45. The molecule has 0 bridgehead atoms. The molecule has 0 fully saturated rings. The van der Waals surface area contributed by atoms with Crippen LogP contribution < -0.4 is 10.1 Å². The van der Waals surface area contributed by atoms with Gasteiger partial charge in [0.1, 0.15) is 0 Å². The highest BCUT2D eigenvalue weighted by Gasteiger charge is 2.04. The first kappa shape index (κ1) is 12.8. The van der Waals surface area contributed by atoms with Gasteiger partial charge in [0.15, 0.2) is 11.5 Å². The van der Waals surface area contributed by atoms with Crippen LogP contribution in [0.15, 0.2) is 18.2 Å². The molecular formula is C11H14BrNO3. The van der Waals surface area contributed by atoms with E-state index in [1.807, 2.05) is 0 Å². The zero-order valence-corrected chi connectivity index (χ0v) is 10.6. The average Bonchev–Trinajstić information content (AvgIpc) is 2.27. The highest BCUT2D eigenvalue weighted by molar-refractivity contribution is 9.09. The van der Waals surface area contributed by atoms with Crippen molar-refractivity contribution in [1.82, 2.24) is 5.32 Å². The fourth-order valence-electron chi connectivity index (χ4n) is 1.22. The average molecular weight is 288 g/mol. The Kier molecular flexibility index (Phi) is 5.11. The van der Waals surface area contributed by atoms with Crippen LogP contribution in [0.4, 0.5) is 0 Å².